The van der Waals surface area contributed by atoms with Crippen molar-refractivity contribution in [1.82, 2.24) is 9.36 Å². The highest BCUT2D eigenvalue weighted by Gasteiger charge is 2.23. The molecular weight excluding hydrogens is 370 g/mol. The summed E-state index contributed by atoms with van der Waals surface area (Å²) in [6.45, 7) is 5.12. The number of rotatable bonds is 5. The van der Waals surface area contributed by atoms with Gasteiger partial charge in [-0.15, -0.1) is 0 Å². The fourth-order valence-corrected chi connectivity index (χ4v) is 2.91. The van der Waals surface area contributed by atoms with Gasteiger partial charge < -0.3 is 10.1 Å². The number of amides is 1. The van der Waals surface area contributed by atoms with Crippen LogP contribution < -0.4 is 10.9 Å². The van der Waals surface area contributed by atoms with Crippen LogP contribution in [0.5, 0.6) is 0 Å². The molecule has 1 atom stereocenters. The highest BCUT2D eigenvalue weighted by Crippen LogP contribution is 2.15. The quantitative estimate of drug-likeness (QED) is 0.676. The zero-order valence-corrected chi connectivity index (χ0v) is 16.8. The number of nitrogens with zero attached hydrogens (tertiary/aromatic N) is 2. The number of benzene rings is 2. The molecule has 0 saturated carbocycles. The van der Waals surface area contributed by atoms with E-state index in [2.05, 4.69) is 5.32 Å². The Morgan fingerprint density at radius 3 is 2.24 bits per heavy atom. The fourth-order valence-electron chi connectivity index (χ4n) is 2.91. The molecule has 0 saturated heterocycles. The van der Waals surface area contributed by atoms with Crippen LogP contribution in [0, 0.1) is 13.8 Å². The Balaban J connectivity index is 1.77. The van der Waals surface area contributed by atoms with E-state index >= 15 is 0 Å². The summed E-state index contributed by atoms with van der Waals surface area (Å²) in [4.78, 5) is 37.6. The first-order valence-electron chi connectivity index (χ1n) is 9.22. The van der Waals surface area contributed by atoms with Crippen molar-refractivity contribution in [3.05, 3.63) is 81.8 Å². The maximum absolute atomic E-state index is 12.9. The van der Waals surface area contributed by atoms with Crippen LogP contribution in [0.4, 0.5) is 5.69 Å². The summed E-state index contributed by atoms with van der Waals surface area (Å²) in [7, 11) is 1.74. The van der Waals surface area contributed by atoms with Crippen molar-refractivity contribution in [2.45, 2.75) is 26.9 Å². The summed E-state index contributed by atoms with van der Waals surface area (Å²) < 4.78 is 8.37. The van der Waals surface area contributed by atoms with E-state index in [1.807, 2.05) is 25.1 Å². The molecule has 0 radical (unpaired) electrons. The minimum atomic E-state index is -1.06. The second-order valence-electron chi connectivity index (χ2n) is 6.84. The molecule has 0 aliphatic rings. The third-order valence-corrected chi connectivity index (χ3v) is 4.74. The van der Waals surface area contributed by atoms with E-state index in [1.54, 1.807) is 55.1 Å². The number of hydrogen-bond donors (Lipinski definition) is 1. The highest BCUT2D eigenvalue weighted by atomic mass is 16.5. The summed E-state index contributed by atoms with van der Waals surface area (Å²) in [6.07, 6.45) is -1.06. The van der Waals surface area contributed by atoms with Crippen LogP contribution in [-0.4, -0.2) is 27.3 Å². The second kappa shape index (κ2) is 8.18. The molecule has 7 heteroatoms. The van der Waals surface area contributed by atoms with Crippen LogP contribution in [0.1, 0.15) is 28.5 Å². The van der Waals surface area contributed by atoms with Crippen LogP contribution in [0.25, 0.3) is 5.69 Å². The number of ether oxygens (including phenoxy) is 1. The lowest BCUT2D eigenvalue weighted by atomic mass is 10.1. The van der Waals surface area contributed by atoms with Crippen LogP contribution in [0.15, 0.2) is 59.4 Å². The molecule has 1 aromatic heterocycles. The summed E-state index contributed by atoms with van der Waals surface area (Å²) in [5, 5.41) is 2.60. The van der Waals surface area contributed by atoms with Crippen molar-refractivity contribution in [3.8, 4) is 5.69 Å². The van der Waals surface area contributed by atoms with Crippen molar-refractivity contribution < 1.29 is 14.3 Å². The van der Waals surface area contributed by atoms with Gasteiger partial charge in [0.25, 0.3) is 11.5 Å². The van der Waals surface area contributed by atoms with E-state index < -0.39 is 18.0 Å². The topological polar surface area (TPSA) is 82.3 Å². The minimum Gasteiger partial charge on any atom is -0.449 e. The number of aromatic nitrogens is 2. The number of carbonyl (C=O) groups excluding carboxylic acids is 2. The summed E-state index contributed by atoms with van der Waals surface area (Å²) in [6, 6.07) is 16.0. The third kappa shape index (κ3) is 4.13. The van der Waals surface area contributed by atoms with Crippen molar-refractivity contribution in [3.63, 3.8) is 0 Å². The maximum atomic E-state index is 12.9. The molecule has 0 spiro atoms. The smallest absolute Gasteiger partial charge is 0.338 e. The molecule has 1 N–H and O–H groups in total. The molecule has 0 aliphatic carbocycles. The molecule has 3 aromatic rings. The summed E-state index contributed by atoms with van der Waals surface area (Å²) >= 11 is 0. The first-order valence-corrected chi connectivity index (χ1v) is 9.22. The molecule has 1 unspecified atom stereocenters. The average Bonchev–Trinajstić information content (AvgIpc) is 2.92. The number of nitrogens with one attached hydrogen (secondary N) is 1. The standard InChI is InChI=1S/C22H23N3O4/c1-14-10-12-17(13-11-14)22(28)29-16(3)20(26)23-19-15(2)24(4)25(21(19)27)18-8-6-5-7-9-18/h5-13,16H,1-4H3,(H,23,26). The van der Waals surface area contributed by atoms with Crippen molar-refractivity contribution in [1.29, 1.82) is 0 Å². The summed E-state index contributed by atoms with van der Waals surface area (Å²) in [5.41, 5.74) is 2.44. The van der Waals surface area contributed by atoms with Gasteiger partial charge in [0, 0.05) is 7.05 Å². The molecule has 1 heterocycles. The van der Waals surface area contributed by atoms with Gasteiger partial charge in [-0.1, -0.05) is 35.9 Å². The van der Waals surface area contributed by atoms with E-state index in [9.17, 15) is 14.4 Å². The predicted molar refractivity (Wildman–Crippen MR) is 110 cm³/mol. The van der Waals surface area contributed by atoms with Gasteiger partial charge in [-0.25, -0.2) is 9.48 Å². The highest BCUT2D eigenvalue weighted by molar-refractivity contribution is 5.97. The van der Waals surface area contributed by atoms with E-state index in [4.69, 9.17) is 4.74 Å². The molecule has 0 bridgehead atoms. The molecule has 7 nitrogen and oxygen atoms in total. The number of carbonyl (C=O) groups is 2. The predicted octanol–water partition coefficient (Wildman–Crippen LogP) is 2.98. The second-order valence-corrected chi connectivity index (χ2v) is 6.84. The molecule has 3 rings (SSSR count). The van der Waals surface area contributed by atoms with Gasteiger partial charge in [-0.2, -0.15) is 0 Å². The van der Waals surface area contributed by atoms with Crippen LogP contribution in [-0.2, 0) is 16.6 Å². The Bertz CT molecular complexity index is 1100. The van der Waals surface area contributed by atoms with Gasteiger partial charge in [-0.3, -0.25) is 14.3 Å². The molecule has 1 amide bonds. The van der Waals surface area contributed by atoms with Crippen molar-refractivity contribution in [2.24, 2.45) is 7.05 Å². The van der Waals surface area contributed by atoms with E-state index in [0.717, 1.165) is 5.56 Å². The molecule has 29 heavy (non-hydrogen) atoms. The monoisotopic (exact) mass is 393 g/mol. The van der Waals surface area contributed by atoms with Crippen molar-refractivity contribution >= 4 is 17.6 Å². The lowest BCUT2D eigenvalue weighted by molar-refractivity contribution is -0.123. The Labute approximate surface area is 168 Å². The van der Waals surface area contributed by atoms with Gasteiger partial charge in [0.05, 0.1) is 16.9 Å². The lowest BCUT2D eigenvalue weighted by Gasteiger charge is -2.13. The maximum Gasteiger partial charge on any atom is 0.338 e. The Morgan fingerprint density at radius 1 is 1.00 bits per heavy atom. The number of para-hydroxylation sites is 1. The van der Waals surface area contributed by atoms with E-state index in [0.29, 0.717) is 16.9 Å². The van der Waals surface area contributed by atoms with E-state index in [-0.39, 0.29) is 11.2 Å². The zero-order valence-electron chi connectivity index (χ0n) is 16.8. The van der Waals surface area contributed by atoms with Crippen LogP contribution in [0.2, 0.25) is 0 Å². The minimum absolute atomic E-state index is 0.152. The number of esters is 1. The van der Waals surface area contributed by atoms with Gasteiger partial charge in [-0.05, 0) is 45.0 Å². The Morgan fingerprint density at radius 2 is 1.62 bits per heavy atom. The van der Waals surface area contributed by atoms with Crippen molar-refractivity contribution in [2.75, 3.05) is 5.32 Å². The first kappa shape index (κ1) is 20.1. The van der Waals surface area contributed by atoms with Gasteiger partial charge in [0.15, 0.2) is 6.10 Å². The first-order chi connectivity index (χ1) is 13.8. The Kier molecular flexibility index (Phi) is 5.68. The van der Waals surface area contributed by atoms with Gasteiger partial charge >= 0.3 is 5.97 Å². The van der Waals surface area contributed by atoms with Gasteiger partial charge in [0.2, 0.25) is 0 Å². The Hall–Kier alpha value is -3.61. The number of aryl methyl sites for hydroxylation is 1. The molecular formula is C22H23N3O4. The number of hydrogen-bond acceptors (Lipinski definition) is 4. The molecule has 0 aliphatic heterocycles. The lowest BCUT2D eigenvalue weighted by Crippen LogP contribution is -2.32. The van der Waals surface area contributed by atoms with Crippen LogP contribution >= 0.6 is 0 Å². The third-order valence-electron chi connectivity index (χ3n) is 4.74. The largest absolute Gasteiger partial charge is 0.449 e. The molecule has 150 valence electrons. The number of anilines is 1. The molecule has 0 fully saturated rings. The van der Waals surface area contributed by atoms with Gasteiger partial charge in [0.1, 0.15) is 5.69 Å². The average molecular weight is 393 g/mol. The normalized spacial score (nSPS) is 11.7. The fraction of sp³-hybridized carbons (Fsp3) is 0.227. The van der Waals surface area contributed by atoms with Crippen LogP contribution in [0.3, 0.4) is 0 Å². The van der Waals surface area contributed by atoms with E-state index in [1.165, 1.54) is 11.6 Å². The summed E-state index contributed by atoms with van der Waals surface area (Å²) in [5.74, 6) is -1.17. The zero-order chi connectivity index (χ0) is 21.1. The molecule has 2 aromatic carbocycles. The SMILES string of the molecule is Cc1ccc(C(=O)OC(C)C(=O)Nc2c(C)n(C)n(-c3ccccc3)c2=O)cc1.